The molecule has 4 aromatic rings. The first-order valence-electron chi connectivity index (χ1n) is 9.22. The van der Waals surface area contributed by atoms with Crippen LogP contribution in [0.5, 0.6) is 5.75 Å². The zero-order valence-corrected chi connectivity index (χ0v) is 15.7. The molecule has 2 aromatic carbocycles. The number of fused-ring (bicyclic) bond motifs is 1. The molecule has 2 aromatic heterocycles. The summed E-state index contributed by atoms with van der Waals surface area (Å²) in [5.41, 5.74) is 2.71. The van der Waals surface area contributed by atoms with Crippen molar-refractivity contribution in [3.63, 3.8) is 0 Å². The van der Waals surface area contributed by atoms with E-state index in [1.54, 1.807) is 24.5 Å². The summed E-state index contributed by atoms with van der Waals surface area (Å²) in [7, 11) is 0. The van der Waals surface area contributed by atoms with Gasteiger partial charge in [0.15, 0.2) is 0 Å². The van der Waals surface area contributed by atoms with E-state index < -0.39 is 11.6 Å². The second-order valence-corrected chi connectivity index (χ2v) is 6.44. The molecule has 148 valence electrons. The number of imidazole rings is 1. The third kappa shape index (κ3) is 4.25. The van der Waals surface area contributed by atoms with E-state index in [4.69, 9.17) is 9.47 Å². The van der Waals surface area contributed by atoms with Crippen molar-refractivity contribution >= 4 is 11.0 Å². The van der Waals surface area contributed by atoms with Crippen LogP contribution in [0.3, 0.4) is 0 Å². The Labute approximate surface area is 166 Å². The Bertz CT molecular complexity index is 1080. The number of pyridine rings is 1. The fraction of sp³-hybridized carbons (Fsp3) is 0.182. The van der Waals surface area contributed by atoms with Crippen LogP contribution in [0.1, 0.15) is 30.0 Å². The zero-order valence-electron chi connectivity index (χ0n) is 15.7. The highest BCUT2D eigenvalue weighted by molar-refractivity contribution is 5.73. The van der Waals surface area contributed by atoms with E-state index in [9.17, 15) is 8.78 Å². The Morgan fingerprint density at radius 1 is 1.07 bits per heavy atom. The minimum absolute atomic E-state index is 0.0611. The Balaban J connectivity index is 1.52. The number of hydrogen-bond donors (Lipinski definition) is 1. The molecule has 1 atom stereocenters. The van der Waals surface area contributed by atoms with Gasteiger partial charge >= 0.3 is 0 Å². The van der Waals surface area contributed by atoms with Crippen molar-refractivity contribution < 1.29 is 18.3 Å². The lowest BCUT2D eigenvalue weighted by molar-refractivity contribution is 0.0859. The molecule has 4 rings (SSSR count). The largest absolute Gasteiger partial charge is 0.489 e. The summed E-state index contributed by atoms with van der Waals surface area (Å²) in [6.45, 7) is 2.37. The van der Waals surface area contributed by atoms with Crippen molar-refractivity contribution in [1.82, 2.24) is 15.0 Å². The molecule has 1 N–H and O–H groups in total. The van der Waals surface area contributed by atoms with E-state index in [1.807, 2.05) is 25.1 Å². The Hall–Kier alpha value is -3.32. The molecule has 0 aliphatic heterocycles. The van der Waals surface area contributed by atoms with Crippen LogP contribution >= 0.6 is 0 Å². The average Bonchev–Trinajstić information content (AvgIpc) is 3.17. The van der Waals surface area contributed by atoms with Crippen LogP contribution in [0.2, 0.25) is 0 Å². The van der Waals surface area contributed by atoms with E-state index in [0.29, 0.717) is 18.2 Å². The molecule has 0 amide bonds. The number of halogens is 2. The maximum Gasteiger partial charge on any atom is 0.141 e. The Morgan fingerprint density at radius 3 is 2.66 bits per heavy atom. The van der Waals surface area contributed by atoms with Crippen molar-refractivity contribution in [2.75, 3.05) is 6.61 Å². The van der Waals surface area contributed by atoms with Gasteiger partial charge in [0.2, 0.25) is 0 Å². The molecule has 0 spiro atoms. The van der Waals surface area contributed by atoms with Gasteiger partial charge in [-0.15, -0.1) is 0 Å². The van der Waals surface area contributed by atoms with Gasteiger partial charge in [0.05, 0.1) is 17.2 Å². The molecule has 7 heteroatoms. The van der Waals surface area contributed by atoms with Crippen LogP contribution in [0.15, 0.2) is 60.9 Å². The average molecular weight is 395 g/mol. The quantitative estimate of drug-likeness (QED) is 0.481. The Morgan fingerprint density at radius 2 is 1.90 bits per heavy atom. The molecule has 0 fully saturated rings. The predicted molar refractivity (Wildman–Crippen MR) is 104 cm³/mol. The van der Waals surface area contributed by atoms with E-state index in [2.05, 4.69) is 15.0 Å². The zero-order chi connectivity index (χ0) is 20.2. The standard InChI is InChI=1S/C22H19F2N3O2/c1-2-28-21(22-26-19-9-10-25-12-20(19)27-22)14-3-6-17(7-4-14)29-13-15-11-16(23)5-8-18(15)24/h3-12,21H,2,13H2,1H3,(H,26,27). The minimum atomic E-state index is -0.501. The highest BCUT2D eigenvalue weighted by Gasteiger charge is 2.18. The van der Waals surface area contributed by atoms with Crippen LogP contribution in [0.4, 0.5) is 8.78 Å². The topological polar surface area (TPSA) is 60.0 Å². The fourth-order valence-corrected chi connectivity index (χ4v) is 3.05. The van der Waals surface area contributed by atoms with Gasteiger partial charge in [-0.3, -0.25) is 4.98 Å². The summed E-state index contributed by atoms with van der Waals surface area (Å²) in [5.74, 6) is 0.228. The molecule has 0 radical (unpaired) electrons. The summed E-state index contributed by atoms with van der Waals surface area (Å²) in [5, 5.41) is 0. The summed E-state index contributed by atoms with van der Waals surface area (Å²) < 4.78 is 38.5. The normalized spacial score (nSPS) is 12.2. The SMILES string of the molecule is CCOC(c1ccc(OCc2cc(F)ccc2F)cc1)c1nc2ccncc2[nH]1. The summed E-state index contributed by atoms with van der Waals surface area (Å²) in [6.07, 6.45) is 3.04. The van der Waals surface area contributed by atoms with Gasteiger partial charge in [-0.1, -0.05) is 12.1 Å². The highest BCUT2D eigenvalue weighted by Crippen LogP contribution is 2.27. The third-order valence-electron chi connectivity index (χ3n) is 4.47. The number of H-pyrrole nitrogens is 1. The smallest absolute Gasteiger partial charge is 0.141 e. The molecular weight excluding hydrogens is 376 g/mol. The lowest BCUT2D eigenvalue weighted by Crippen LogP contribution is -2.08. The van der Waals surface area contributed by atoms with Crippen LogP contribution in [-0.4, -0.2) is 21.6 Å². The molecule has 1 unspecified atom stereocenters. The highest BCUT2D eigenvalue weighted by atomic mass is 19.1. The number of ether oxygens (including phenoxy) is 2. The van der Waals surface area contributed by atoms with Crippen LogP contribution in [-0.2, 0) is 11.3 Å². The molecule has 5 nitrogen and oxygen atoms in total. The second-order valence-electron chi connectivity index (χ2n) is 6.44. The van der Waals surface area contributed by atoms with Gasteiger partial charge in [0.25, 0.3) is 0 Å². The van der Waals surface area contributed by atoms with Crippen LogP contribution < -0.4 is 4.74 Å². The molecule has 0 aliphatic carbocycles. The van der Waals surface area contributed by atoms with Crippen molar-refractivity contribution in [2.45, 2.75) is 19.6 Å². The fourth-order valence-electron chi connectivity index (χ4n) is 3.05. The summed E-state index contributed by atoms with van der Waals surface area (Å²) >= 11 is 0. The first-order valence-corrected chi connectivity index (χ1v) is 9.22. The van der Waals surface area contributed by atoms with Crippen LogP contribution in [0, 0.1) is 11.6 Å². The molecule has 0 saturated carbocycles. The van der Waals surface area contributed by atoms with Gasteiger partial charge in [-0.2, -0.15) is 0 Å². The van der Waals surface area contributed by atoms with E-state index in [1.165, 1.54) is 0 Å². The van der Waals surface area contributed by atoms with Crippen molar-refractivity contribution in [2.24, 2.45) is 0 Å². The van der Waals surface area contributed by atoms with Crippen molar-refractivity contribution in [3.8, 4) is 5.75 Å². The van der Waals surface area contributed by atoms with Crippen molar-refractivity contribution in [3.05, 3.63) is 89.5 Å². The van der Waals surface area contributed by atoms with Gasteiger partial charge in [-0.05, 0) is 48.9 Å². The maximum absolute atomic E-state index is 13.7. The monoisotopic (exact) mass is 395 g/mol. The molecule has 2 heterocycles. The molecular formula is C22H19F2N3O2. The minimum Gasteiger partial charge on any atom is -0.489 e. The molecule has 29 heavy (non-hydrogen) atoms. The number of benzene rings is 2. The lowest BCUT2D eigenvalue weighted by atomic mass is 10.1. The van der Waals surface area contributed by atoms with E-state index in [-0.39, 0.29) is 18.3 Å². The van der Waals surface area contributed by atoms with Crippen LogP contribution in [0.25, 0.3) is 11.0 Å². The molecule has 0 saturated heterocycles. The lowest BCUT2D eigenvalue weighted by Gasteiger charge is -2.16. The molecule has 0 bridgehead atoms. The Kier molecular flexibility index (Phi) is 5.48. The van der Waals surface area contributed by atoms with E-state index >= 15 is 0 Å². The van der Waals surface area contributed by atoms with E-state index in [0.717, 1.165) is 34.8 Å². The maximum atomic E-state index is 13.7. The second kappa shape index (κ2) is 8.36. The summed E-state index contributed by atoms with van der Waals surface area (Å²) in [6, 6.07) is 12.4. The number of nitrogens with one attached hydrogen (secondary N) is 1. The molecule has 0 aliphatic rings. The van der Waals surface area contributed by atoms with Gasteiger partial charge in [0, 0.05) is 18.4 Å². The number of nitrogens with zero attached hydrogens (tertiary/aromatic N) is 2. The predicted octanol–water partition coefficient (Wildman–Crippen LogP) is 4.94. The van der Waals surface area contributed by atoms with Crippen molar-refractivity contribution in [1.29, 1.82) is 0 Å². The van der Waals surface area contributed by atoms with Gasteiger partial charge < -0.3 is 14.5 Å². The van der Waals surface area contributed by atoms with Gasteiger partial charge in [-0.25, -0.2) is 13.8 Å². The first kappa shape index (κ1) is 19.0. The van der Waals surface area contributed by atoms with Gasteiger partial charge in [0.1, 0.15) is 35.9 Å². The number of hydrogen-bond acceptors (Lipinski definition) is 4. The number of rotatable bonds is 7. The summed E-state index contributed by atoms with van der Waals surface area (Å²) in [4.78, 5) is 11.9. The number of aromatic nitrogens is 3. The first-order chi connectivity index (χ1) is 14.1. The third-order valence-corrected chi connectivity index (χ3v) is 4.47. The number of aromatic amines is 1.